The molecular weight excluding hydrogens is 402 g/mol. The van der Waals surface area contributed by atoms with Gasteiger partial charge in [0.15, 0.2) is 0 Å². The van der Waals surface area contributed by atoms with E-state index in [1.54, 1.807) is 6.07 Å². The van der Waals surface area contributed by atoms with E-state index >= 15 is 0 Å². The number of hydrogen-bond acceptors (Lipinski definition) is 4. The molecule has 3 aromatic rings. The molecular formula is C11H7BrClN3O3S2. The number of benzene rings is 1. The number of halogens is 2. The molecule has 21 heavy (non-hydrogen) atoms. The summed E-state index contributed by atoms with van der Waals surface area (Å²) in [7, 11) is -3.72. The minimum absolute atomic E-state index is 0.113. The number of imidazole rings is 1. The van der Waals surface area contributed by atoms with Gasteiger partial charge >= 0.3 is 5.69 Å². The lowest BCUT2D eigenvalue weighted by molar-refractivity contribution is 0.603. The number of aromatic nitrogens is 2. The van der Waals surface area contributed by atoms with Gasteiger partial charge in [-0.3, -0.25) is 4.72 Å². The quantitative estimate of drug-likeness (QED) is 0.621. The summed E-state index contributed by atoms with van der Waals surface area (Å²) in [6.07, 6.45) is 0. The van der Waals surface area contributed by atoms with Crippen molar-refractivity contribution in [2.45, 2.75) is 4.21 Å². The summed E-state index contributed by atoms with van der Waals surface area (Å²) in [6.45, 7) is 0. The van der Waals surface area contributed by atoms with Crippen molar-refractivity contribution in [2.24, 2.45) is 0 Å². The first-order valence-electron chi connectivity index (χ1n) is 5.55. The van der Waals surface area contributed by atoms with E-state index in [9.17, 15) is 13.2 Å². The third kappa shape index (κ3) is 2.86. The highest BCUT2D eigenvalue weighted by Gasteiger charge is 2.18. The van der Waals surface area contributed by atoms with Crippen LogP contribution in [0.3, 0.4) is 0 Å². The Balaban J connectivity index is 2.04. The molecule has 0 bridgehead atoms. The highest BCUT2D eigenvalue weighted by atomic mass is 79.9. The second-order valence-corrected chi connectivity index (χ2v) is 8.60. The first-order chi connectivity index (χ1) is 9.85. The zero-order valence-corrected chi connectivity index (χ0v) is 14.1. The summed E-state index contributed by atoms with van der Waals surface area (Å²) >= 11 is 9.99. The Bertz CT molecular complexity index is 990. The van der Waals surface area contributed by atoms with Crippen LogP contribution in [0.5, 0.6) is 0 Å². The number of fused-ring (bicyclic) bond motifs is 1. The molecule has 0 saturated heterocycles. The Kier molecular flexibility index (Phi) is 3.60. The number of rotatable bonds is 3. The fourth-order valence-electron chi connectivity index (χ4n) is 1.77. The first kappa shape index (κ1) is 14.6. The van der Waals surface area contributed by atoms with Gasteiger partial charge in [0.1, 0.15) is 4.21 Å². The third-order valence-electron chi connectivity index (χ3n) is 2.66. The lowest BCUT2D eigenvalue weighted by atomic mass is 10.3. The van der Waals surface area contributed by atoms with Crippen molar-refractivity contribution in [3.63, 3.8) is 0 Å². The maximum atomic E-state index is 12.2. The molecule has 0 radical (unpaired) electrons. The third-order valence-corrected chi connectivity index (χ3v) is 6.41. The van der Waals surface area contributed by atoms with E-state index in [4.69, 9.17) is 11.6 Å². The summed E-state index contributed by atoms with van der Waals surface area (Å²) in [4.78, 5) is 16.4. The van der Waals surface area contributed by atoms with Gasteiger partial charge in [0.2, 0.25) is 0 Å². The second kappa shape index (κ2) is 5.16. The number of H-pyrrole nitrogens is 2. The van der Waals surface area contributed by atoms with Gasteiger partial charge in [-0.2, -0.15) is 0 Å². The number of hydrogen-bond donors (Lipinski definition) is 3. The van der Waals surface area contributed by atoms with Crippen LogP contribution in [0.1, 0.15) is 0 Å². The predicted molar refractivity (Wildman–Crippen MR) is 86.8 cm³/mol. The molecule has 0 spiro atoms. The summed E-state index contributed by atoms with van der Waals surface area (Å²) in [5.74, 6) is 0. The molecule has 0 amide bonds. The summed E-state index contributed by atoms with van der Waals surface area (Å²) in [5.41, 5.74) is 1.04. The molecule has 0 aliphatic rings. The van der Waals surface area contributed by atoms with Gasteiger partial charge in [-0.25, -0.2) is 13.2 Å². The van der Waals surface area contributed by atoms with Crippen molar-refractivity contribution in [3.8, 4) is 0 Å². The van der Waals surface area contributed by atoms with E-state index in [0.29, 0.717) is 25.5 Å². The van der Waals surface area contributed by atoms with Gasteiger partial charge in [0.05, 0.1) is 21.1 Å². The molecule has 0 fully saturated rings. The molecule has 0 atom stereocenters. The molecule has 110 valence electrons. The number of thiophene rings is 1. The van der Waals surface area contributed by atoms with Crippen LogP contribution in [0, 0.1) is 0 Å². The molecule has 10 heteroatoms. The van der Waals surface area contributed by atoms with E-state index in [-0.39, 0.29) is 9.90 Å². The Morgan fingerprint density at radius 2 is 1.86 bits per heavy atom. The highest BCUT2D eigenvalue weighted by Crippen LogP contribution is 2.31. The van der Waals surface area contributed by atoms with E-state index in [0.717, 1.165) is 11.3 Å². The minimum atomic E-state index is -3.72. The Morgan fingerprint density at radius 1 is 1.19 bits per heavy atom. The van der Waals surface area contributed by atoms with E-state index in [1.165, 1.54) is 18.2 Å². The first-order valence-corrected chi connectivity index (χ1v) is 9.02. The van der Waals surface area contributed by atoms with Crippen LogP contribution in [-0.2, 0) is 10.0 Å². The van der Waals surface area contributed by atoms with Crippen molar-refractivity contribution in [1.82, 2.24) is 9.97 Å². The van der Waals surface area contributed by atoms with E-state index < -0.39 is 10.0 Å². The largest absolute Gasteiger partial charge is 0.323 e. The molecule has 0 saturated carbocycles. The smallest absolute Gasteiger partial charge is 0.306 e. The zero-order chi connectivity index (χ0) is 15.2. The topological polar surface area (TPSA) is 94.8 Å². The average Bonchev–Trinajstić information content (AvgIpc) is 2.95. The maximum Gasteiger partial charge on any atom is 0.323 e. The summed E-state index contributed by atoms with van der Waals surface area (Å²) in [5, 5.41) is 0. The van der Waals surface area contributed by atoms with Gasteiger partial charge < -0.3 is 9.97 Å². The molecule has 2 heterocycles. The Labute approximate surface area is 136 Å². The van der Waals surface area contributed by atoms with Crippen LogP contribution in [0.25, 0.3) is 11.0 Å². The van der Waals surface area contributed by atoms with Crippen LogP contribution < -0.4 is 10.4 Å². The van der Waals surface area contributed by atoms with E-state index in [1.807, 2.05) is 0 Å². The monoisotopic (exact) mass is 407 g/mol. The van der Waals surface area contributed by atoms with Gasteiger partial charge in [0.25, 0.3) is 10.0 Å². The fourth-order valence-corrected chi connectivity index (χ4v) is 4.90. The van der Waals surface area contributed by atoms with Gasteiger partial charge in [-0.1, -0.05) is 11.6 Å². The van der Waals surface area contributed by atoms with Crippen molar-refractivity contribution in [1.29, 1.82) is 0 Å². The molecule has 6 nitrogen and oxygen atoms in total. The van der Waals surface area contributed by atoms with Crippen molar-refractivity contribution in [3.05, 3.63) is 43.6 Å². The van der Waals surface area contributed by atoms with E-state index in [2.05, 4.69) is 30.6 Å². The highest BCUT2D eigenvalue weighted by molar-refractivity contribution is 9.10. The Morgan fingerprint density at radius 3 is 2.48 bits per heavy atom. The second-order valence-electron chi connectivity index (χ2n) is 4.12. The molecule has 0 unspecified atom stereocenters. The van der Waals surface area contributed by atoms with Gasteiger partial charge in [-0.05, 0) is 40.2 Å². The summed E-state index contributed by atoms with van der Waals surface area (Å²) in [6, 6.07) is 6.10. The lowest BCUT2D eigenvalue weighted by Crippen LogP contribution is -2.11. The predicted octanol–water partition coefficient (Wildman–Crippen LogP) is 3.13. The zero-order valence-electron chi connectivity index (χ0n) is 10.1. The minimum Gasteiger partial charge on any atom is -0.306 e. The normalized spacial score (nSPS) is 11.9. The van der Waals surface area contributed by atoms with Crippen LogP contribution in [-0.4, -0.2) is 18.4 Å². The lowest BCUT2D eigenvalue weighted by Gasteiger charge is -2.08. The molecule has 2 aromatic heterocycles. The number of anilines is 1. The molecule has 0 aliphatic heterocycles. The Hall–Kier alpha value is -1.29. The SMILES string of the molecule is O=c1[nH]c2cc(Br)c(NS(=O)(=O)c3ccc(Cl)s3)cc2[nH]1. The summed E-state index contributed by atoms with van der Waals surface area (Å²) < 4.78 is 28.0. The van der Waals surface area contributed by atoms with Crippen LogP contribution in [0.4, 0.5) is 5.69 Å². The van der Waals surface area contributed by atoms with Gasteiger partial charge in [0, 0.05) is 4.47 Å². The standard InChI is InChI=1S/C11H7BrClN3O3S2/c12-5-3-7-8(15-11(17)14-7)4-6(5)16-21(18,19)10-2-1-9(13)20-10/h1-4,16H,(H2,14,15,17). The van der Waals surface area contributed by atoms with Crippen molar-refractivity contribution < 1.29 is 8.42 Å². The van der Waals surface area contributed by atoms with Crippen LogP contribution >= 0.6 is 38.9 Å². The number of nitrogens with one attached hydrogen (secondary N) is 3. The van der Waals surface area contributed by atoms with Crippen molar-refractivity contribution >= 4 is 65.6 Å². The molecule has 1 aromatic carbocycles. The van der Waals surface area contributed by atoms with Crippen molar-refractivity contribution in [2.75, 3.05) is 4.72 Å². The number of aromatic amines is 2. The molecule has 3 rings (SSSR count). The number of sulfonamides is 1. The fraction of sp³-hybridized carbons (Fsp3) is 0. The van der Waals surface area contributed by atoms with Gasteiger partial charge in [-0.15, -0.1) is 11.3 Å². The molecule has 0 aliphatic carbocycles. The average molecular weight is 409 g/mol. The van der Waals surface area contributed by atoms with Crippen LogP contribution in [0.15, 0.2) is 37.7 Å². The maximum absolute atomic E-state index is 12.2. The van der Waals surface area contributed by atoms with Crippen LogP contribution in [0.2, 0.25) is 4.34 Å². The molecule has 3 N–H and O–H groups in total.